The zero-order valence-electron chi connectivity index (χ0n) is 16.9. The number of nitrogens with one attached hydrogen (secondary N) is 1. The summed E-state index contributed by atoms with van der Waals surface area (Å²) in [5, 5.41) is 2.82. The van der Waals surface area contributed by atoms with Crippen LogP contribution in [0.4, 0.5) is 13.2 Å². The van der Waals surface area contributed by atoms with Gasteiger partial charge in [0.15, 0.2) is 0 Å². The van der Waals surface area contributed by atoms with Crippen molar-refractivity contribution in [1.82, 2.24) is 5.32 Å². The second-order valence-corrected chi connectivity index (χ2v) is 6.75. The smallest absolute Gasteiger partial charge is 0.416 e. The molecule has 0 aromatic rings. The lowest BCUT2D eigenvalue weighted by Gasteiger charge is -2.20. The lowest BCUT2D eigenvalue weighted by atomic mass is 9.89. The van der Waals surface area contributed by atoms with E-state index in [0.29, 0.717) is 5.57 Å². The second kappa shape index (κ2) is 12.4. The van der Waals surface area contributed by atoms with E-state index in [9.17, 15) is 18.0 Å². The summed E-state index contributed by atoms with van der Waals surface area (Å²) in [6, 6.07) is 0. The molecule has 1 aliphatic carbocycles. The van der Waals surface area contributed by atoms with Crippen LogP contribution in [0.3, 0.4) is 0 Å². The molecule has 1 N–H and O–H groups in total. The molecule has 158 valence electrons. The van der Waals surface area contributed by atoms with Gasteiger partial charge < -0.3 is 10.1 Å². The first kappa shape index (κ1) is 24.0. The van der Waals surface area contributed by atoms with Crippen LogP contribution < -0.4 is 5.32 Å². The summed E-state index contributed by atoms with van der Waals surface area (Å²) < 4.78 is 44.5. The second-order valence-electron chi connectivity index (χ2n) is 6.75. The molecule has 0 unspecified atom stereocenters. The van der Waals surface area contributed by atoms with Crippen molar-refractivity contribution in [1.29, 1.82) is 0 Å². The van der Waals surface area contributed by atoms with Gasteiger partial charge in [0, 0.05) is 5.92 Å². The number of ether oxygens (including phenoxy) is 1. The average Bonchev–Trinajstić information content (AvgIpc) is 2.67. The molecular weight excluding hydrogens is 369 g/mol. The van der Waals surface area contributed by atoms with Crippen LogP contribution in [0, 0.1) is 5.92 Å². The molecular formula is C21H31F3N2O2. The Kier molecular flexibility index (Phi) is 10.6. The number of methoxy groups -OCH3 is 1. The number of amides is 1. The Bertz CT molecular complexity index is 614. The standard InChI is InChI=1S/C21H31F3N2O2/c1-4-9-16(13-18(10-5-2)21(22,23)24)14-25-19(28-3)15-26-20(27)17-11-7-6-8-12-17/h4,9-10,13,17H,5-8,11-12,14-15H2,1-3H3,(H,26,27)/b9-4-,16-13+,18-10-,25-19?. The van der Waals surface area contributed by atoms with Crippen molar-refractivity contribution in [2.24, 2.45) is 10.9 Å². The number of nitrogens with zero attached hydrogens (tertiary/aromatic N) is 1. The minimum absolute atomic E-state index is 0.0149. The molecule has 1 aliphatic rings. The highest BCUT2D eigenvalue weighted by Crippen LogP contribution is 2.28. The number of allylic oxidation sites excluding steroid dienone is 4. The average molecular weight is 400 g/mol. The normalized spacial score (nSPS) is 17.9. The highest BCUT2D eigenvalue weighted by atomic mass is 19.4. The van der Waals surface area contributed by atoms with Crippen molar-refractivity contribution < 1.29 is 22.7 Å². The molecule has 0 radical (unpaired) electrons. The maximum atomic E-state index is 13.1. The fraction of sp³-hybridized carbons (Fsp3) is 0.619. The molecule has 0 saturated heterocycles. The predicted molar refractivity (Wildman–Crippen MR) is 106 cm³/mol. The number of rotatable bonds is 8. The van der Waals surface area contributed by atoms with Crippen LogP contribution in [0.2, 0.25) is 0 Å². The van der Waals surface area contributed by atoms with Crippen molar-refractivity contribution in [3.8, 4) is 0 Å². The fourth-order valence-electron chi connectivity index (χ4n) is 3.08. The fourth-order valence-corrected chi connectivity index (χ4v) is 3.08. The molecule has 1 saturated carbocycles. The highest BCUT2D eigenvalue weighted by Gasteiger charge is 2.31. The largest absolute Gasteiger partial charge is 0.483 e. The van der Waals surface area contributed by atoms with Gasteiger partial charge in [-0.15, -0.1) is 0 Å². The van der Waals surface area contributed by atoms with Gasteiger partial charge in [0.2, 0.25) is 11.8 Å². The van der Waals surface area contributed by atoms with E-state index in [1.54, 1.807) is 26.0 Å². The van der Waals surface area contributed by atoms with Gasteiger partial charge in [-0.2, -0.15) is 13.2 Å². The van der Waals surface area contributed by atoms with Crippen molar-refractivity contribution in [2.75, 3.05) is 20.2 Å². The molecule has 0 spiro atoms. The molecule has 28 heavy (non-hydrogen) atoms. The van der Waals surface area contributed by atoms with Crippen molar-refractivity contribution in [3.05, 3.63) is 35.5 Å². The van der Waals surface area contributed by atoms with Gasteiger partial charge in [0.1, 0.15) is 0 Å². The first-order chi connectivity index (χ1) is 13.3. The van der Waals surface area contributed by atoms with Gasteiger partial charge in [-0.1, -0.05) is 44.4 Å². The third kappa shape index (κ3) is 8.76. The summed E-state index contributed by atoms with van der Waals surface area (Å²) in [6.45, 7) is 3.55. The van der Waals surface area contributed by atoms with Gasteiger partial charge in [-0.3, -0.25) is 4.79 Å². The van der Waals surface area contributed by atoms with E-state index in [0.717, 1.165) is 37.8 Å². The van der Waals surface area contributed by atoms with Crippen LogP contribution in [0.15, 0.2) is 40.4 Å². The van der Waals surface area contributed by atoms with Crippen molar-refractivity contribution in [2.45, 2.75) is 58.5 Å². The van der Waals surface area contributed by atoms with Crippen LogP contribution in [-0.4, -0.2) is 38.2 Å². The van der Waals surface area contributed by atoms with E-state index in [1.165, 1.54) is 13.5 Å². The quantitative estimate of drug-likeness (QED) is 0.349. The minimum Gasteiger partial charge on any atom is -0.483 e. The van der Waals surface area contributed by atoms with Crippen LogP contribution in [0.1, 0.15) is 52.4 Å². The van der Waals surface area contributed by atoms with E-state index < -0.39 is 11.7 Å². The molecule has 0 bridgehead atoms. The Morgan fingerprint density at radius 1 is 1.25 bits per heavy atom. The Morgan fingerprint density at radius 2 is 1.93 bits per heavy atom. The zero-order valence-corrected chi connectivity index (χ0v) is 16.9. The van der Waals surface area contributed by atoms with Crippen LogP contribution in [0.25, 0.3) is 0 Å². The lowest BCUT2D eigenvalue weighted by molar-refractivity contribution is -0.125. The van der Waals surface area contributed by atoms with E-state index >= 15 is 0 Å². The first-order valence-corrected chi connectivity index (χ1v) is 9.77. The molecule has 0 heterocycles. The van der Waals surface area contributed by atoms with Gasteiger partial charge in [0.25, 0.3) is 0 Å². The van der Waals surface area contributed by atoms with Gasteiger partial charge in [-0.05, 0) is 37.8 Å². The number of carbonyl (C=O) groups is 1. The maximum absolute atomic E-state index is 13.1. The van der Waals surface area contributed by atoms with Crippen LogP contribution in [-0.2, 0) is 9.53 Å². The van der Waals surface area contributed by atoms with Crippen LogP contribution >= 0.6 is 0 Å². The number of halogens is 3. The number of hydrogen-bond donors (Lipinski definition) is 1. The summed E-state index contributed by atoms with van der Waals surface area (Å²) in [6.07, 6.45) is 6.45. The summed E-state index contributed by atoms with van der Waals surface area (Å²) in [5.74, 6) is 0.297. The zero-order chi connectivity index (χ0) is 21.0. The maximum Gasteiger partial charge on any atom is 0.416 e. The van der Waals surface area contributed by atoms with E-state index in [-0.39, 0.29) is 37.2 Å². The van der Waals surface area contributed by atoms with Gasteiger partial charge in [0.05, 0.1) is 25.8 Å². The Balaban J connectivity index is 2.78. The van der Waals surface area contributed by atoms with Crippen LogP contribution in [0.5, 0.6) is 0 Å². The van der Waals surface area contributed by atoms with Crippen molar-refractivity contribution in [3.63, 3.8) is 0 Å². The third-order valence-electron chi connectivity index (χ3n) is 4.54. The van der Waals surface area contributed by atoms with Crippen molar-refractivity contribution >= 4 is 11.8 Å². The summed E-state index contributed by atoms with van der Waals surface area (Å²) in [5.41, 5.74) is -0.282. The molecule has 1 rings (SSSR count). The topological polar surface area (TPSA) is 50.7 Å². The first-order valence-electron chi connectivity index (χ1n) is 9.77. The SMILES string of the molecule is C\C=C/C(=C\C(=C\CC)C(F)(F)F)CN=C(CNC(=O)C1CCCCC1)OC. The Morgan fingerprint density at radius 3 is 2.46 bits per heavy atom. The lowest BCUT2D eigenvalue weighted by Crippen LogP contribution is -2.36. The minimum atomic E-state index is -4.41. The summed E-state index contributed by atoms with van der Waals surface area (Å²) >= 11 is 0. The molecule has 0 atom stereocenters. The van der Waals surface area contributed by atoms with E-state index in [1.807, 2.05) is 0 Å². The number of carbonyl (C=O) groups excluding carboxylic acids is 1. The Labute approximate surface area is 165 Å². The number of hydrogen-bond acceptors (Lipinski definition) is 3. The molecule has 0 aromatic heterocycles. The van der Waals surface area contributed by atoms with E-state index in [4.69, 9.17) is 4.74 Å². The number of alkyl halides is 3. The Hall–Kier alpha value is -2.05. The summed E-state index contributed by atoms with van der Waals surface area (Å²) in [7, 11) is 1.43. The number of aliphatic imine (C=N–C) groups is 1. The predicted octanol–water partition coefficient (Wildman–Crippen LogP) is 5.13. The molecule has 0 aromatic carbocycles. The molecule has 4 nitrogen and oxygen atoms in total. The summed E-state index contributed by atoms with van der Waals surface area (Å²) in [4.78, 5) is 16.4. The third-order valence-corrected chi connectivity index (χ3v) is 4.54. The van der Waals surface area contributed by atoms with E-state index in [2.05, 4.69) is 10.3 Å². The monoisotopic (exact) mass is 400 g/mol. The van der Waals surface area contributed by atoms with Gasteiger partial charge in [-0.25, -0.2) is 4.99 Å². The molecule has 0 aliphatic heterocycles. The highest BCUT2D eigenvalue weighted by molar-refractivity contribution is 5.85. The van der Waals surface area contributed by atoms with Gasteiger partial charge >= 0.3 is 6.18 Å². The molecule has 7 heteroatoms. The molecule has 1 fully saturated rings. The molecule has 1 amide bonds.